The molecule has 0 radical (unpaired) electrons. The number of nitrogen functional groups attached to an aromatic ring is 1. The predicted octanol–water partition coefficient (Wildman–Crippen LogP) is 4.23. The molecule has 2 aromatic rings. The van der Waals surface area contributed by atoms with Gasteiger partial charge in [-0.15, -0.1) is 0 Å². The van der Waals surface area contributed by atoms with Gasteiger partial charge < -0.3 is 5.73 Å². The lowest BCUT2D eigenvalue weighted by Gasteiger charge is -2.10. The summed E-state index contributed by atoms with van der Waals surface area (Å²) in [6, 6.07) is 2.07. The number of pyridine rings is 1. The summed E-state index contributed by atoms with van der Waals surface area (Å²) in [4.78, 5) is 3.73. The van der Waals surface area contributed by atoms with Gasteiger partial charge in [0, 0.05) is 11.8 Å². The molecule has 1 aromatic heterocycles. The highest BCUT2D eigenvalue weighted by Crippen LogP contribution is 2.34. The van der Waals surface area contributed by atoms with Crippen LogP contribution in [0.25, 0.3) is 11.3 Å². The molecule has 0 aliphatic carbocycles. The monoisotopic (exact) mass is 400 g/mol. The summed E-state index contributed by atoms with van der Waals surface area (Å²) in [7, 11) is 0. The molecule has 0 fully saturated rings. The zero-order valence-corrected chi connectivity index (χ0v) is 11.8. The molecule has 0 unspecified atom stereocenters. The van der Waals surface area contributed by atoms with Crippen molar-refractivity contribution >= 4 is 28.3 Å². The Bertz CT molecular complexity index is 670. The zero-order chi connectivity index (χ0) is 15.1. The molecule has 0 aliphatic rings. The van der Waals surface area contributed by atoms with E-state index in [1.165, 1.54) is 6.20 Å². The molecule has 0 spiro atoms. The van der Waals surface area contributed by atoms with Gasteiger partial charge in [0.15, 0.2) is 5.82 Å². The number of hydrogen-bond acceptors (Lipinski definition) is 2. The Hall–Kier alpha value is -1.45. The Balaban J connectivity index is 2.56. The van der Waals surface area contributed by atoms with Crippen LogP contribution in [-0.2, 0) is 6.18 Å². The third-order valence-electron chi connectivity index (χ3n) is 2.56. The molecular formula is C12H6F5IN2. The maximum Gasteiger partial charge on any atom is 0.419 e. The highest BCUT2D eigenvalue weighted by Gasteiger charge is 2.34. The molecule has 2 rings (SSSR count). The Labute approximate surface area is 124 Å². The number of rotatable bonds is 1. The molecule has 0 aliphatic heterocycles. The van der Waals surface area contributed by atoms with Crippen LogP contribution in [0.5, 0.6) is 0 Å². The minimum absolute atomic E-state index is 0.115. The van der Waals surface area contributed by atoms with E-state index in [4.69, 9.17) is 5.73 Å². The molecule has 1 heterocycles. The smallest absolute Gasteiger partial charge is 0.395 e. The first-order chi connectivity index (χ1) is 9.21. The van der Waals surface area contributed by atoms with E-state index in [0.29, 0.717) is 15.7 Å². The lowest BCUT2D eigenvalue weighted by atomic mass is 10.1. The van der Waals surface area contributed by atoms with Crippen molar-refractivity contribution < 1.29 is 22.0 Å². The average molecular weight is 400 g/mol. The summed E-state index contributed by atoms with van der Waals surface area (Å²) in [5.41, 5.74) is 3.45. The Morgan fingerprint density at radius 3 is 2.35 bits per heavy atom. The summed E-state index contributed by atoms with van der Waals surface area (Å²) in [5, 5.41) is 0. The van der Waals surface area contributed by atoms with E-state index in [-0.39, 0.29) is 16.9 Å². The molecule has 2 N–H and O–H groups in total. The van der Waals surface area contributed by atoms with Crippen molar-refractivity contribution in [2.75, 3.05) is 5.73 Å². The van der Waals surface area contributed by atoms with Crippen LogP contribution < -0.4 is 5.73 Å². The summed E-state index contributed by atoms with van der Waals surface area (Å²) < 4.78 is 65.0. The number of anilines is 1. The van der Waals surface area contributed by atoms with Gasteiger partial charge >= 0.3 is 6.18 Å². The predicted molar refractivity (Wildman–Crippen MR) is 71.7 cm³/mol. The van der Waals surface area contributed by atoms with Gasteiger partial charge in [-0.25, -0.2) is 8.78 Å². The summed E-state index contributed by atoms with van der Waals surface area (Å²) in [5.74, 6) is -2.38. The van der Waals surface area contributed by atoms with E-state index in [2.05, 4.69) is 4.98 Å². The Morgan fingerprint density at radius 2 is 1.80 bits per heavy atom. The van der Waals surface area contributed by atoms with Gasteiger partial charge in [-0.05, 0) is 34.7 Å². The van der Waals surface area contributed by atoms with Crippen LogP contribution in [0.1, 0.15) is 5.56 Å². The van der Waals surface area contributed by atoms with E-state index >= 15 is 0 Å². The van der Waals surface area contributed by atoms with Gasteiger partial charge in [-0.3, -0.25) is 4.98 Å². The van der Waals surface area contributed by atoms with Crippen molar-refractivity contribution in [3.63, 3.8) is 0 Å². The summed E-state index contributed by atoms with van der Waals surface area (Å²) >= 11 is 1.76. The van der Waals surface area contributed by atoms with Gasteiger partial charge in [-0.1, -0.05) is 6.07 Å². The van der Waals surface area contributed by atoms with E-state index in [0.717, 1.165) is 6.07 Å². The van der Waals surface area contributed by atoms with Crippen LogP contribution in [0, 0.1) is 15.2 Å². The highest BCUT2D eigenvalue weighted by molar-refractivity contribution is 14.1. The number of benzene rings is 1. The fourth-order valence-corrected chi connectivity index (χ4v) is 1.95. The number of nitrogens with two attached hydrogens (primary N) is 1. The maximum atomic E-state index is 13.9. The van der Waals surface area contributed by atoms with Crippen molar-refractivity contribution in [1.82, 2.24) is 4.98 Å². The van der Waals surface area contributed by atoms with Gasteiger partial charge in [-0.2, -0.15) is 13.2 Å². The van der Waals surface area contributed by atoms with Crippen LogP contribution in [0.15, 0.2) is 24.4 Å². The second kappa shape index (κ2) is 5.15. The first-order valence-electron chi connectivity index (χ1n) is 5.18. The lowest BCUT2D eigenvalue weighted by Crippen LogP contribution is -2.08. The first kappa shape index (κ1) is 14.9. The molecule has 0 bridgehead atoms. The molecular weight excluding hydrogens is 394 g/mol. The topological polar surface area (TPSA) is 38.9 Å². The molecule has 0 saturated heterocycles. The van der Waals surface area contributed by atoms with E-state index in [1.54, 1.807) is 22.6 Å². The number of aromatic nitrogens is 1. The van der Waals surface area contributed by atoms with Crippen molar-refractivity contribution in [1.29, 1.82) is 0 Å². The minimum Gasteiger partial charge on any atom is -0.395 e. The summed E-state index contributed by atoms with van der Waals surface area (Å²) in [6.07, 6.45) is -3.55. The third-order valence-corrected chi connectivity index (χ3v) is 3.42. The highest BCUT2D eigenvalue weighted by atomic mass is 127. The van der Waals surface area contributed by atoms with Gasteiger partial charge in [0.1, 0.15) is 11.5 Å². The van der Waals surface area contributed by atoms with Crippen LogP contribution in [0.4, 0.5) is 27.6 Å². The van der Waals surface area contributed by atoms with Gasteiger partial charge in [0.25, 0.3) is 0 Å². The van der Waals surface area contributed by atoms with E-state index in [9.17, 15) is 22.0 Å². The SMILES string of the molecule is Nc1c(I)cnc(-c2ccc(C(F)(F)F)c(F)c2)c1F. The number of nitrogens with zero attached hydrogens (tertiary/aromatic N) is 1. The maximum absolute atomic E-state index is 13.9. The van der Waals surface area contributed by atoms with Crippen molar-refractivity contribution in [3.8, 4) is 11.3 Å². The van der Waals surface area contributed by atoms with E-state index < -0.39 is 23.4 Å². The number of halogens is 6. The third kappa shape index (κ3) is 2.69. The molecule has 0 saturated carbocycles. The van der Waals surface area contributed by atoms with E-state index in [1.807, 2.05) is 0 Å². The molecule has 20 heavy (non-hydrogen) atoms. The normalized spacial score (nSPS) is 11.7. The summed E-state index contributed by atoms with van der Waals surface area (Å²) in [6.45, 7) is 0. The minimum atomic E-state index is -4.81. The molecule has 0 atom stereocenters. The first-order valence-corrected chi connectivity index (χ1v) is 6.26. The van der Waals surface area contributed by atoms with Crippen LogP contribution >= 0.6 is 22.6 Å². The lowest BCUT2D eigenvalue weighted by molar-refractivity contribution is -0.139. The molecule has 0 amide bonds. The quantitative estimate of drug-likeness (QED) is 0.575. The Kier molecular flexibility index (Phi) is 3.85. The second-order valence-corrected chi connectivity index (χ2v) is 5.04. The standard InChI is InChI=1S/C12H6F5IN2/c13-7-3-5(1-2-6(7)12(15,16)17)11-9(14)10(19)8(18)4-20-11/h1-4H,(H2,19,20). The fraction of sp³-hybridized carbons (Fsp3) is 0.0833. The van der Waals surface area contributed by atoms with Crippen LogP contribution in [0.2, 0.25) is 0 Å². The largest absolute Gasteiger partial charge is 0.419 e. The van der Waals surface area contributed by atoms with Gasteiger partial charge in [0.2, 0.25) is 0 Å². The molecule has 106 valence electrons. The van der Waals surface area contributed by atoms with Crippen LogP contribution in [-0.4, -0.2) is 4.98 Å². The average Bonchev–Trinajstić information content (AvgIpc) is 2.34. The molecule has 1 aromatic carbocycles. The van der Waals surface area contributed by atoms with Crippen molar-refractivity contribution in [2.24, 2.45) is 0 Å². The zero-order valence-electron chi connectivity index (χ0n) is 9.60. The Morgan fingerprint density at radius 1 is 1.15 bits per heavy atom. The second-order valence-electron chi connectivity index (χ2n) is 3.87. The van der Waals surface area contributed by atoms with Gasteiger partial charge in [0.05, 0.1) is 14.8 Å². The number of alkyl halides is 3. The van der Waals surface area contributed by atoms with Crippen molar-refractivity contribution in [2.45, 2.75) is 6.18 Å². The van der Waals surface area contributed by atoms with Crippen LogP contribution in [0.3, 0.4) is 0 Å². The fourth-order valence-electron chi connectivity index (χ4n) is 1.57. The number of hydrogen-bond donors (Lipinski definition) is 1. The molecule has 2 nitrogen and oxygen atoms in total. The molecule has 8 heteroatoms. The van der Waals surface area contributed by atoms with Crippen molar-refractivity contribution in [3.05, 3.63) is 45.2 Å².